The molecule has 0 amide bonds. The minimum Gasteiger partial charge on any atom is -0.366 e. The second kappa shape index (κ2) is 13.1. The Morgan fingerprint density at radius 1 is 0.900 bits per heavy atom. The predicted molar refractivity (Wildman–Crippen MR) is 83.9 cm³/mol. The summed E-state index contributed by atoms with van der Waals surface area (Å²) in [4.78, 5) is 12.2. The number of carbonyl (C=O) groups is 1. The third-order valence-electron chi connectivity index (χ3n) is 3.08. The highest BCUT2D eigenvalue weighted by Crippen LogP contribution is 2.08. The van der Waals surface area contributed by atoms with Crippen LogP contribution in [0.5, 0.6) is 0 Å². The van der Waals surface area contributed by atoms with Gasteiger partial charge < -0.3 is 9.47 Å². The number of unbranched alkanes of at least 4 members (excludes halogenated alkanes) is 4. The van der Waals surface area contributed by atoms with Crippen LogP contribution in [0.15, 0.2) is 25.3 Å². The average molecular weight is 282 g/mol. The lowest BCUT2D eigenvalue weighted by Crippen LogP contribution is -2.34. The Kier molecular flexibility index (Phi) is 12.5. The quantitative estimate of drug-likeness (QED) is 0.356. The number of rotatable bonds is 14. The van der Waals surface area contributed by atoms with Gasteiger partial charge in [0.25, 0.3) is 0 Å². The second-order valence-electron chi connectivity index (χ2n) is 4.87. The summed E-state index contributed by atoms with van der Waals surface area (Å²) < 4.78 is 11.1. The van der Waals surface area contributed by atoms with Crippen LogP contribution in [0.2, 0.25) is 0 Å². The summed E-state index contributed by atoms with van der Waals surface area (Å²) in [5.74, 6) is -0.108. The molecule has 0 radical (unpaired) electrons. The Morgan fingerprint density at radius 3 is 1.60 bits per heavy atom. The molecule has 2 unspecified atom stereocenters. The van der Waals surface area contributed by atoms with Gasteiger partial charge in [-0.25, -0.2) is 0 Å². The smallest absolute Gasteiger partial charge is 0.197 e. The number of Topliss-reactive ketones (excluding diaryl/α,β-unsaturated/α-hetero) is 1. The molecule has 3 heteroatoms. The predicted octanol–water partition coefficient (Wildman–Crippen LogP) is 4.08. The largest absolute Gasteiger partial charge is 0.366 e. The van der Waals surface area contributed by atoms with Crippen LogP contribution >= 0.6 is 0 Å². The van der Waals surface area contributed by atoms with Gasteiger partial charge >= 0.3 is 0 Å². The van der Waals surface area contributed by atoms with Gasteiger partial charge in [0.1, 0.15) is 12.2 Å². The Bertz CT molecular complexity index is 247. The van der Waals surface area contributed by atoms with Gasteiger partial charge in [-0.05, 0) is 12.8 Å². The summed E-state index contributed by atoms with van der Waals surface area (Å²) in [5, 5.41) is 0. The zero-order valence-corrected chi connectivity index (χ0v) is 13.1. The van der Waals surface area contributed by atoms with E-state index in [-0.39, 0.29) is 5.78 Å². The van der Waals surface area contributed by atoms with Crippen LogP contribution in [0, 0.1) is 0 Å². The molecule has 0 aromatic carbocycles. The third kappa shape index (κ3) is 8.28. The fourth-order valence-corrected chi connectivity index (χ4v) is 1.82. The molecule has 0 saturated carbocycles. The molecule has 116 valence electrons. The lowest BCUT2D eigenvalue weighted by atomic mass is 10.1. The summed E-state index contributed by atoms with van der Waals surface area (Å²) in [5.41, 5.74) is 0. The molecule has 0 aromatic heterocycles. The molecule has 0 N–H and O–H groups in total. The molecule has 0 aliphatic heterocycles. The van der Waals surface area contributed by atoms with Crippen molar-refractivity contribution in [2.75, 3.05) is 13.2 Å². The summed E-state index contributed by atoms with van der Waals surface area (Å²) in [7, 11) is 0. The first-order chi connectivity index (χ1) is 9.71. The first-order valence-electron chi connectivity index (χ1n) is 7.73. The van der Waals surface area contributed by atoms with Gasteiger partial charge in [-0.1, -0.05) is 51.7 Å². The van der Waals surface area contributed by atoms with Gasteiger partial charge in [-0.3, -0.25) is 4.79 Å². The van der Waals surface area contributed by atoms with E-state index in [4.69, 9.17) is 9.47 Å². The fraction of sp³-hybridized carbons (Fsp3) is 0.706. The molecule has 0 fully saturated rings. The topological polar surface area (TPSA) is 35.5 Å². The number of ketones is 1. The SMILES string of the molecule is C=CC(OCCCCC)C(=O)C(C=C)OCCCCC. The minimum absolute atomic E-state index is 0.108. The van der Waals surface area contributed by atoms with Crippen molar-refractivity contribution >= 4 is 5.78 Å². The van der Waals surface area contributed by atoms with E-state index in [0.717, 1.165) is 38.5 Å². The molecule has 0 aliphatic rings. The highest BCUT2D eigenvalue weighted by atomic mass is 16.5. The van der Waals surface area contributed by atoms with Gasteiger partial charge in [0.05, 0.1) is 0 Å². The van der Waals surface area contributed by atoms with Crippen molar-refractivity contribution in [2.45, 2.75) is 64.6 Å². The zero-order valence-electron chi connectivity index (χ0n) is 13.1. The van der Waals surface area contributed by atoms with Crippen LogP contribution in [0.25, 0.3) is 0 Å². The van der Waals surface area contributed by atoms with Crippen LogP contribution in [0.4, 0.5) is 0 Å². The van der Waals surface area contributed by atoms with E-state index in [0.29, 0.717) is 13.2 Å². The van der Waals surface area contributed by atoms with E-state index in [1.54, 1.807) is 12.2 Å². The Balaban J connectivity index is 4.17. The molecule has 0 saturated heterocycles. The average Bonchev–Trinajstić information content (AvgIpc) is 2.47. The highest BCUT2D eigenvalue weighted by molar-refractivity contribution is 5.90. The lowest BCUT2D eigenvalue weighted by molar-refractivity contribution is -0.136. The van der Waals surface area contributed by atoms with Gasteiger partial charge in [0, 0.05) is 13.2 Å². The van der Waals surface area contributed by atoms with Crippen LogP contribution < -0.4 is 0 Å². The van der Waals surface area contributed by atoms with Crippen LogP contribution in [-0.2, 0) is 14.3 Å². The first-order valence-corrected chi connectivity index (χ1v) is 7.73. The molecular formula is C17H30O3. The summed E-state index contributed by atoms with van der Waals surface area (Å²) in [6.45, 7) is 12.8. The van der Waals surface area contributed by atoms with E-state index >= 15 is 0 Å². The maximum Gasteiger partial charge on any atom is 0.197 e. The van der Waals surface area contributed by atoms with Crippen molar-refractivity contribution < 1.29 is 14.3 Å². The number of ether oxygens (including phenoxy) is 2. The van der Waals surface area contributed by atoms with E-state index in [9.17, 15) is 4.79 Å². The molecule has 0 bridgehead atoms. The monoisotopic (exact) mass is 282 g/mol. The summed E-state index contributed by atoms with van der Waals surface area (Å²) in [6, 6.07) is 0. The maximum atomic E-state index is 12.2. The summed E-state index contributed by atoms with van der Waals surface area (Å²) in [6.07, 6.45) is 8.29. The molecular weight excluding hydrogens is 252 g/mol. The van der Waals surface area contributed by atoms with Gasteiger partial charge in [0.2, 0.25) is 0 Å². The van der Waals surface area contributed by atoms with Crippen LogP contribution in [0.1, 0.15) is 52.4 Å². The Morgan fingerprint density at radius 2 is 1.30 bits per heavy atom. The molecule has 0 spiro atoms. The maximum absolute atomic E-state index is 12.2. The van der Waals surface area contributed by atoms with E-state index < -0.39 is 12.2 Å². The van der Waals surface area contributed by atoms with Gasteiger partial charge in [-0.15, -0.1) is 13.2 Å². The van der Waals surface area contributed by atoms with Gasteiger partial charge in [-0.2, -0.15) is 0 Å². The van der Waals surface area contributed by atoms with Crippen molar-refractivity contribution in [1.29, 1.82) is 0 Å². The van der Waals surface area contributed by atoms with E-state index in [1.165, 1.54) is 0 Å². The first kappa shape index (κ1) is 19.1. The van der Waals surface area contributed by atoms with Crippen LogP contribution in [-0.4, -0.2) is 31.2 Å². The zero-order chi connectivity index (χ0) is 15.2. The Hall–Kier alpha value is -0.930. The van der Waals surface area contributed by atoms with Crippen LogP contribution in [0.3, 0.4) is 0 Å². The summed E-state index contributed by atoms with van der Waals surface area (Å²) >= 11 is 0. The molecule has 3 nitrogen and oxygen atoms in total. The third-order valence-corrected chi connectivity index (χ3v) is 3.08. The number of hydrogen-bond acceptors (Lipinski definition) is 3. The number of carbonyl (C=O) groups excluding carboxylic acids is 1. The van der Waals surface area contributed by atoms with Crippen molar-refractivity contribution in [1.82, 2.24) is 0 Å². The molecule has 0 rings (SSSR count). The molecule has 2 atom stereocenters. The van der Waals surface area contributed by atoms with Crippen molar-refractivity contribution in [3.05, 3.63) is 25.3 Å². The fourth-order valence-electron chi connectivity index (χ4n) is 1.82. The standard InChI is InChI=1S/C17H30O3/c1-5-9-11-13-19-15(7-3)17(18)16(8-4)20-14-12-10-6-2/h7-8,15-16H,3-6,9-14H2,1-2H3. The minimum atomic E-state index is -0.596. The second-order valence-corrected chi connectivity index (χ2v) is 4.87. The lowest BCUT2D eigenvalue weighted by Gasteiger charge is -2.18. The normalized spacial score (nSPS) is 13.7. The highest BCUT2D eigenvalue weighted by Gasteiger charge is 2.23. The van der Waals surface area contributed by atoms with Crippen molar-refractivity contribution in [2.24, 2.45) is 0 Å². The molecule has 0 aliphatic carbocycles. The van der Waals surface area contributed by atoms with Gasteiger partial charge in [0.15, 0.2) is 5.78 Å². The number of hydrogen-bond donors (Lipinski definition) is 0. The molecule has 20 heavy (non-hydrogen) atoms. The van der Waals surface area contributed by atoms with E-state index in [1.807, 2.05) is 0 Å². The van der Waals surface area contributed by atoms with E-state index in [2.05, 4.69) is 27.0 Å². The Labute approximate surface area is 124 Å². The molecule has 0 aromatic rings. The van der Waals surface area contributed by atoms with Crippen molar-refractivity contribution in [3.63, 3.8) is 0 Å². The molecule has 0 heterocycles. The van der Waals surface area contributed by atoms with Crippen molar-refractivity contribution in [3.8, 4) is 0 Å².